The summed E-state index contributed by atoms with van der Waals surface area (Å²) in [5.41, 5.74) is 0.578. The van der Waals surface area contributed by atoms with Crippen molar-refractivity contribution in [2.75, 3.05) is 18.8 Å². The van der Waals surface area contributed by atoms with Crippen LogP contribution in [0, 0.1) is 0 Å². The number of halogens is 1. The predicted octanol–water partition coefficient (Wildman–Crippen LogP) is 1.87. The molecule has 1 amide bonds. The zero-order valence-corrected chi connectivity index (χ0v) is 14.8. The van der Waals surface area contributed by atoms with E-state index in [0.717, 1.165) is 32.4 Å². The van der Waals surface area contributed by atoms with E-state index in [1.54, 1.807) is 31.2 Å². The van der Waals surface area contributed by atoms with Crippen LogP contribution in [-0.2, 0) is 9.84 Å². The van der Waals surface area contributed by atoms with Gasteiger partial charge < -0.3 is 10.2 Å². The molecule has 1 aromatic carbocycles. The van der Waals surface area contributed by atoms with Gasteiger partial charge in [0.25, 0.3) is 5.91 Å². The topological polar surface area (TPSA) is 66.5 Å². The van der Waals surface area contributed by atoms with Crippen molar-refractivity contribution in [1.82, 2.24) is 10.2 Å². The highest BCUT2D eigenvalue weighted by molar-refractivity contribution is 7.91. The molecule has 2 atom stereocenters. The molecule has 2 aliphatic heterocycles. The van der Waals surface area contributed by atoms with E-state index in [1.165, 1.54) is 0 Å². The second-order valence-corrected chi connectivity index (χ2v) is 8.30. The third kappa shape index (κ3) is 3.54. The average Bonchev–Trinajstić information content (AvgIpc) is 2.79. The molecule has 2 bridgehead atoms. The normalized spacial score (nSPS) is 24.0. The molecule has 2 heterocycles. The summed E-state index contributed by atoms with van der Waals surface area (Å²) in [6, 6.07) is 6.95. The summed E-state index contributed by atoms with van der Waals surface area (Å²) in [4.78, 5) is 15.1. The summed E-state index contributed by atoms with van der Waals surface area (Å²) in [6.45, 7) is 3.43. The fraction of sp³-hybridized carbons (Fsp3) is 0.562. The molecule has 2 aliphatic rings. The standard InChI is InChI=1S/C16H22N2O3S.ClH/c1-2-22(20,21)15-7-3-12(4-8-15)16(19)18-13-5-6-14(18)11-17-10-9-13;/h3-4,7-8,13-14,17H,2,5-6,9-11H2,1H3;1H. The Bertz CT molecular complexity index is 646. The molecule has 2 unspecified atom stereocenters. The molecule has 1 N–H and O–H groups in total. The lowest BCUT2D eigenvalue weighted by atomic mass is 10.1. The number of hydrogen-bond acceptors (Lipinski definition) is 4. The van der Waals surface area contributed by atoms with Crippen molar-refractivity contribution in [3.8, 4) is 0 Å². The van der Waals surface area contributed by atoms with Crippen molar-refractivity contribution >= 4 is 28.2 Å². The minimum atomic E-state index is -3.22. The van der Waals surface area contributed by atoms with Gasteiger partial charge in [-0.25, -0.2) is 8.42 Å². The smallest absolute Gasteiger partial charge is 0.254 e. The maximum absolute atomic E-state index is 12.8. The molecule has 0 aromatic heterocycles. The molecule has 1 aromatic rings. The zero-order valence-electron chi connectivity index (χ0n) is 13.2. The SMILES string of the molecule is CCS(=O)(=O)c1ccc(C(=O)N2C3CCNCC2CC3)cc1.Cl. The van der Waals surface area contributed by atoms with Crippen LogP contribution in [0.25, 0.3) is 0 Å². The van der Waals surface area contributed by atoms with Crippen molar-refractivity contribution < 1.29 is 13.2 Å². The molecular weight excluding hydrogens is 336 g/mol. The number of benzene rings is 1. The Morgan fingerprint density at radius 1 is 1.17 bits per heavy atom. The maximum atomic E-state index is 12.8. The minimum Gasteiger partial charge on any atom is -0.331 e. The number of carbonyl (C=O) groups is 1. The molecule has 2 saturated heterocycles. The number of hydrogen-bond donors (Lipinski definition) is 1. The number of amides is 1. The van der Waals surface area contributed by atoms with Crippen LogP contribution in [-0.4, -0.2) is 50.2 Å². The van der Waals surface area contributed by atoms with Gasteiger partial charge in [-0.05, 0) is 50.1 Å². The van der Waals surface area contributed by atoms with Gasteiger partial charge in [0.2, 0.25) is 0 Å². The van der Waals surface area contributed by atoms with E-state index in [-0.39, 0.29) is 35.0 Å². The third-order valence-corrected chi connectivity index (χ3v) is 6.48. The second-order valence-electron chi connectivity index (χ2n) is 6.02. The molecule has 0 radical (unpaired) electrons. The van der Waals surface area contributed by atoms with Gasteiger partial charge in [0, 0.05) is 24.2 Å². The van der Waals surface area contributed by atoms with Crippen LogP contribution in [0.2, 0.25) is 0 Å². The Morgan fingerprint density at radius 3 is 2.48 bits per heavy atom. The molecule has 7 heteroatoms. The first-order chi connectivity index (χ1) is 10.5. The van der Waals surface area contributed by atoms with Crippen LogP contribution in [0.4, 0.5) is 0 Å². The Labute approximate surface area is 143 Å². The van der Waals surface area contributed by atoms with E-state index in [2.05, 4.69) is 5.32 Å². The van der Waals surface area contributed by atoms with E-state index in [1.807, 2.05) is 4.90 Å². The molecule has 0 aliphatic carbocycles. The Kier molecular flexibility index (Phi) is 5.70. The van der Waals surface area contributed by atoms with E-state index in [0.29, 0.717) is 11.6 Å². The van der Waals surface area contributed by atoms with Crippen molar-refractivity contribution in [2.24, 2.45) is 0 Å². The van der Waals surface area contributed by atoms with Crippen LogP contribution in [0.1, 0.15) is 36.5 Å². The lowest BCUT2D eigenvalue weighted by molar-refractivity contribution is 0.0680. The van der Waals surface area contributed by atoms with Crippen molar-refractivity contribution in [1.29, 1.82) is 0 Å². The van der Waals surface area contributed by atoms with Gasteiger partial charge >= 0.3 is 0 Å². The lowest BCUT2D eigenvalue weighted by Gasteiger charge is -2.28. The minimum absolute atomic E-state index is 0. The Morgan fingerprint density at radius 2 is 1.83 bits per heavy atom. The quantitative estimate of drug-likeness (QED) is 0.895. The first-order valence-electron chi connectivity index (χ1n) is 7.89. The molecule has 0 saturated carbocycles. The molecule has 23 heavy (non-hydrogen) atoms. The van der Waals surface area contributed by atoms with Crippen molar-refractivity contribution in [2.45, 2.75) is 43.2 Å². The first-order valence-corrected chi connectivity index (χ1v) is 9.54. The summed E-state index contributed by atoms with van der Waals surface area (Å²) < 4.78 is 23.7. The van der Waals surface area contributed by atoms with Gasteiger partial charge in [0.15, 0.2) is 9.84 Å². The Balaban J connectivity index is 0.00000192. The molecule has 3 rings (SSSR count). The van der Waals surface area contributed by atoms with Crippen molar-refractivity contribution in [3.63, 3.8) is 0 Å². The van der Waals surface area contributed by atoms with E-state index >= 15 is 0 Å². The summed E-state index contributed by atoms with van der Waals surface area (Å²) in [6.07, 6.45) is 3.11. The fourth-order valence-electron chi connectivity index (χ4n) is 3.43. The van der Waals surface area contributed by atoms with Crippen LogP contribution >= 0.6 is 12.4 Å². The highest BCUT2D eigenvalue weighted by atomic mass is 35.5. The summed E-state index contributed by atoms with van der Waals surface area (Å²) in [7, 11) is -3.22. The summed E-state index contributed by atoms with van der Waals surface area (Å²) in [5.74, 6) is 0.0963. The summed E-state index contributed by atoms with van der Waals surface area (Å²) in [5, 5.41) is 3.38. The van der Waals surface area contributed by atoms with E-state index < -0.39 is 9.84 Å². The summed E-state index contributed by atoms with van der Waals surface area (Å²) >= 11 is 0. The van der Waals surface area contributed by atoms with Crippen molar-refractivity contribution in [3.05, 3.63) is 29.8 Å². The second kappa shape index (κ2) is 7.20. The Hall–Kier alpha value is -1.11. The third-order valence-electron chi connectivity index (χ3n) is 4.73. The van der Waals surface area contributed by atoms with Gasteiger partial charge in [-0.1, -0.05) is 6.92 Å². The number of rotatable bonds is 3. The highest BCUT2D eigenvalue weighted by Gasteiger charge is 2.38. The molecule has 128 valence electrons. The average molecular weight is 359 g/mol. The number of fused-ring (bicyclic) bond motifs is 2. The number of nitrogens with one attached hydrogen (secondary N) is 1. The van der Waals surface area contributed by atoms with E-state index in [4.69, 9.17) is 0 Å². The van der Waals surface area contributed by atoms with Crippen LogP contribution in [0.15, 0.2) is 29.2 Å². The first kappa shape index (κ1) is 18.2. The number of carbonyl (C=O) groups excluding carboxylic acids is 1. The molecule has 5 nitrogen and oxygen atoms in total. The lowest BCUT2D eigenvalue weighted by Crippen LogP contribution is -2.42. The van der Waals surface area contributed by atoms with Gasteiger partial charge in [-0.15, -0.1) is 12.4 Å². The van der Waals surface area contributed by atoms with Gasteiger partial charge in [0.1, 0.15) is 0 Å². The molecular formula is C16H23ClN2O3S. The highest BCUT2D eigenvalue weighted by Crippen LogP contribution is 2.29. The number of sulfone groups is 1. The fourth-order valence-corrected chi connectivity index (χ4v) is 4.32. The van der Waals surface area contributed by atoms with Gasteiger partial charge in [-0.3, -0.25) is 4.79 Å². The van der Waals surface area contributed by atoms with Crippen LogP contribution < -0.4 is 5.32 Å². The maximum Gasteiger partial charge on any atom is 0.254 e. The number of nitrogens with zero attached hydrogens (tertiary/aromatic N) is 1. The van der Waals surface area contributed by atoms with Gasteiger partial charge in [0.05, 0.1) is 10.6 Å². The molecule has 0 spiro atoms. The van der Waals surface area contributed by atoms with E-state index in [9.17, 15) is 13.2 Å². The van der Waals surface area contributed by atoms with Crippen LogP contribution in [0.3, 0.4) is 0 Å². The zero-order chi connectivity index (χ0) is 15.7. The molecule has 2 fully saturated rings. The predicted molar refractivity (Wildman–Crippen MR) is 91.9 cm³/mol. The monoisotopic (exact) mass is 358 g/mol. The van der Waals surface area contributed by atoms with Crippen LogP contribution in [0.5, 0.6) is 0 Å². The largest absolute Gasteiger partial charge is 0.331 e. The van der Waals surface area contributed by atoms with Gasteiger partial charge in [-0.2, -0.15) is 0 Å².